The van der Waals surface area contributed by atoms with Gasteiger partial charge in [0, 0.05) is 23.9 Å². The number of aryl methyl sites for hydroxylation is 1. The van der Waals surface area contributed by atoms with Crippen LogP contribution in [0, 0.1) is 22.5 Å². The van der Waals surface area contributed by atoms with Crippen molar-refractivity contribution in [3.8, 4) is 0 Å². The van der Waals surface area contributed by atoms with Crippen LogP contribution in [0.3, 0.4) is 0 Å². The lowest BCUT2D eigenvalue weighted by atomic mass is 9.84. The van der Waals surface area contributed by atoms with Crippen LogP contribution in [-0.2, 0) is 9.53 Å². The zero-order valence-electron chi connectivity index (χ0n) is 11.4. The molecule has 0 spiro atoms. The van der Waals surface area contributed by atoms with Crippen molar-refractivity contribution in [2.24, 2.45) is 11.1 Å². The molecule has 1 saturated heterocycles. The molecule has 1 fully saturated rings. The molecule has 2 unspecified atom stereocenters. The van der Waals surface area contributed by atoms with Crippen molar-refractivity contribution in [2.45, 2.75) is 19.9 Å². The molecule has 0 aromatic heterocycles. The van der Waals surface area contributed by atoms with E-state index in [0.717, 1.165) is 0 Å². The Morgan fingerprint density at radius 2 is 2.30 bits per heavy atom. The standard InChI is InChI=1S/C13H17N3O4/c1-8-5-9(16(18)19)3-4-10(8)15-12(17)13(2)7-20-6-11(13)14/h3-5,11H,6-7,14H2,1-2H3,(H,15,17). The summed E-state index contributed by atoms with van der Waals surface area (Å²) in [5.74, 6) is -0.237. The Kier molecular flexibility index (Phi) is 3.74. The monoisotopic (exact) mass is 279 g/mol. The molecule has 1 amide bonds. The Morgan fingerprint density at radius 3 is 2.80 bits per heavy atom. The molecule has 1 aromatic rings. The fourth-order valence-corrected chi connectivity index (χ4v) is 2.09. The maximum Gasteiger partial charge on any atom is 0.269 e. The summed E-state index contributed by atoms with van der Waals surface area (Å²) >= 11 is 0. The number of nitrogens with two attached hydrogens (primary N) is 1. The van der Waals surface area contributed by atoms with E-state index in [4.69, 9.17) is 10.5 Å². The zero-order valence-corrected chi connectivity index (χ0v) is 11.4. The van der Waals surface area contributed by atoms with E-state index in [1.807, 2.05) is 0 Å². The van der Waals surface area contributed by atoms with Crippen LogP contribution in [0.2, 0.25) is 0 Å². The molecular weight excluding hydrogens is 262 g/mol. The van der Waals surface area contributed by atoms with Gasteiger partial charge in [0.2, 0.25) is 5.91 Å². The van der Waals surface area contributed by atoms with E-state index < -0.39 is 10.3 Å². The molecule has 0 aliphatic carbocycles. The largest absolute Gasteiger partial charge is 0.379 e. The second kappa shape index (κ2) is 5.18. The molecule has 1 heterocycles. The predicted molar refractivity (Wildman–Crippen MR) is 73.4 cm³/mol. The van der Waals surface area contributed by atoms with Crippen LogP contribution in [0.15, 0.2) is 18.2 Å². The van der Waals surface area contributed by atoms with Gasteiger partial charge in [-0.2, -0.15) is 0 Å². The topological polar surface area (TPSA) is 107 Å². The van der Waals surface area contributed by atoms with E-state index in [9.17, 15) is 14.9 Å². The molecular formula is C13H17N3O4. The van der Waals surface area contributed by atoms with Crippen molar-refractivity contribution in [3.05, 3.63) is 33.9 Å². The van der Waals surface area contributed by atoms with Crippen LogP contribution in [0.1, 0.15) is 12.5 Å². The van der Waals surface area contributed by atoms with Crippen LogP contribution in [0.25, 0.3) is 0 Å². The van der Waals surface area contributed by atoms with Gasteiger partial charge in [-0.1, -0.05) is 0 Å². The first-order valence-electron chi connectivity index (χ1n) is 6.24. The van der Waals surface area contributed by atoms with Crippen LogP contribution in [0.4, 0.5) is 11.4 Å². The summed E-state index contributed by atoms with van der Waals surface area (Å²) in [5, 5.41) is 13.4. The number of hydrogen-bond acceptors (Lipinski definition) is 5. The molecule has 7 heteroatoms. The molecule has 0 radical (unpaired) electrons. The van der Waals surface area contributed by atoms with Gasteiger partial charge >= 0.3 is 0 Å². The van der Waals surface area contributed by atoms with E-state index in [2.05, 4.69) is 5.32 Å². The first kappa shape index (κ1) is 14.4. The number of non-ortho nitro benzene ring substituents is 1. The second-order valence-electron chi connectivity index (χ2n) is 5.25. The molecule has 7 nitrogen and oxygen atoms in total. The maximum absolute atomic E-state index is 12.3. The Morgan fingerprint density at radius 1 is 1.60 bits per heavy atom. The fourth-order valence-electron chi connectivity index (χ4n) is 2.09. The molecule has 0 saturated carbocycles. The number of carbonyl (C=O) groups is 1. The van der Waals surface area contributed by atoms with Gasteiger partial charge in [0.05, 0.1) is 23.6 Å². The van der Waals surface area contributed by atoms with Crippen molar-refractivity contribution in [1.82, 2.24) is 0 Å². The molecule has 2 rings (SSSR count). The normalized spacial score (nSPS) is 25.4. The summed E-state index contributed by atoms with van der Waals surface area (Å²) in [6.07, 6.45) is 0. The molecule has 3 N–H and O–H groups in total. The highest BCUT2D eigenvalue weighted by Crippen LogP contribution is 2.30. The summed E-state index contributed by atoms with van der Waals surface area (Å²) in [6.45, 7) is 4.08. The lowest BCUT2D eigenvalue weighted by molar-refractivity contribution is -0.384. The number of ether oxygens (including phenoxy) is 1. The van der Waals surface area contributed by atoms with Crippen molar-refractivity contribution in [2.75, 3.05) is 18.5 Å². The van der Waals surface area contributed by atoms with Crippen molar-refractivity contribution in [3.63, 3.8) is 0 Å². The van der Waals surface area contributed by atoms with E-state index in [-0.39, 0.29) is 24.2 Å². The summed E-state index contributed by atoms with van der Waals surface area (Å²) in [5.41, 5.74) is 6.28. The highest BCUT2D eigenvalue weighted by atomic mass is 16.6. The molecule has 2 atom stereocenters. The summed E-state index contributed by atoms with van der Waals surface area (Å²) in [6, 6.07) is 3.94. The van der Waals surface area contributed by atoms with Crippen LogP contribution in [-0.4, -0.2) is 30.1 Å². The number of hydrogen-bond donors (Lipinski definition) is 2. The van der Waals surface area contributed by atoms with E-state index in [1.54, 1.807) is 13.8 Å². The summed E-state index contributed by atoms with van der Waals surface area (Å²) in [7, 11) is 0. The highest BCUT2D eigenvalue weighted by Gasteiger charge is 2.44. The minimum absolute atomic E-state index is 0.00684. The van der Waals surface area contributed by atoms with E-state index in [1.165, 1.54) is 18.2 Å². The molecule has 0 bridgehead atoms. The molecule has 1 aromatic carbocycles. The highest BCUT2D eigenvalue weighted by molar-refractivity contribution is 5.96. The Hall–Kier alpha value is -1.99. The van der Waals surface area contributed by atoms with E-state index in [0.29, 0.717) is 17.9 Å². The third-order valence-electron chi connectivity index (χ3n) is 3.71. The minimum atomic E-state index is -0.784. The Labute approximate surface area is 116 Å². The number of amides is 1. The van der Waals surface area contributed by atoms with Crippen LogP contribution >= 0.6 is 0 Å². The lowest BCUT2D eigenvalue weighted by Gasteiger charge is -2.25. The third kappa shape index (κ3) is 2.50. The molecule has 1 aliphatic rings. The number of nitrogens with zero attached hydrogens (tertiary/aromatic N) is 1. The van der Waals surface area contributed by atoms with Gasteiger partial charge in [-0.25, -0.2) is 0 Å². The number of anilines is 1. The smallest absolute Gasteiger partial charge is 0.269 e. The number of nitro benzene ring substituents is 1. The third-order valence-corrected chi connectivity index (χ3v) is 3.71. The Balaban J connectivity index is 2.18. The van der Waals surface area contributed by atoms with Gasteiger partial charge in [0.15, 0.2) is 0 Å². The van der Waals surface area contributed by atoms with Crippen molar-refractivity contribution in [1.29, 1.82) is 0 Å². The van der Waals surface area contributed by atoms with Gasteiger partial charge in [0.25, 0.3) is 5.69 Å². The zero-order chi connectivity index (χ0) is 14.9. The minimum Gasteiger partial charge on any atom is -0.379 e. The summed E-state index contributed by atoms with van der Waals surface area (Å²) in [4.78, 5) is 22.5. The first-order valence-corrected chi connectivity index (χ1v) is 6.24. The molecule has 108 valence electrons. The van der Waals surface area contributed by atoms with Gasteiger partial charge in [-0.15, -0.1) is 0 Å². The number of benzene rings is 1. The first-order chi connectivity index (χ1) is 9.34. The quantitative estimate of drug-likeness (QED) is 0.638. The SMILES string of the molecule is Cc1cc([N+](=O)[O-])ccc1NC(=O)C1(C)COCC1N. The number of nitro groups is 1. The average Bonchev–Trinajstić information content (AvgIpc) is 2.73. The molecule has 20 heavy (non-hydrogen) atoms. The van der Waals surface area contributed by atoms with E-state index >= 15 is 0 Å². The van der Waals surface area contributed by atoms with Gasteiger partial charge < -0.3 is 15.8 Å². The predicted octanol–water partition coefficient (Wildman–Crippen LogP) is 1.21. The Bertz CT molecular complexity index is 561. The average molecular weight is 279 g/mol. The second-order valence-corrected chi connectivity index (χ2v) is 5.25. The number of carbonyl (C=O) groups excluding carboxylic acids is 1. The van der Waals surface area contributed by atoms with Gasteiger partial charge in [0.1, 0.15) is 0 Å². The van der Waals surface area contributed by atoms with Crippen LogP contribution in [0.5, 0.6) is 0 Å². The summed E-state index contributed by atoms with van der Waals surface area (Å²) < 4.78 is 5.24. The maximum atomic E-state index is 12.3. The number of rotatable bonds is 3. The van der Waals surface area contributed by atoms with Gasteiger partial charge in [-0.05, 0) is 25.5 Å². The molecule has 1 aliphatic heterocycles. The van der Waals surface area contributed by atoms with Crippen molar-refractivity contribution < 1.29 is 14.5 Å². The number of nitrogens with one attached hydrogen (secondary N) is 1. The van der Waals surface area contributed by atoms with Crippen LogP contribution < -0.4 is 11.1 Å². The fraction of sp³-hybridized carbons (Fsp3) is 0.462. The van der Waals surface area contributed by atoms with Crippen molar-refractivity contribution >= 4 is 17.3 Å². The van der Waals surface area contributed by atoms with Gasteiger partial charge in [-0.3, -0.25) is 14.9 Å². The lowest BCUT2D eigenvalue weighted by Crippen LogP contribution is -2.47.